The molecule has 25 heavy (non-hydrogen) atoms. The van der Waals surface area contributed by atoms with E-state index in [0.29, 0.717) is 19.6 Å². The van der Waals surface area contributed by atoms with E-state index in [-0.39, 0.29) is 24.7 Å². The van der Waals surface area contributed by atoms with Crippen LogP contribution in [0.1, 0.15) is 17.7 Å². The summed E-state index contributed by atoms with van der Waals surface area (Å²) in [6.45, 7) is 3.42. The molecule has 2 aromatic rings. The summed E-state index contributed by atoms with van der Waals surface area (Å²) in [5.41, 5.74) is 0. The summed E-state index contributed by atoms with van der Waals surface area (Å²) >= 11 is 1.61. The minimum atomic E-state index is -0.0751. The standard InChI is InChI=1S/C18H22N4O2S/c23-17(20-14-15-4-3-13-25-15)6-7-18(24)22-11-9-21(10-12-22)16-5-1-2-8-19-16/h1-5,8,13H,6-7,9-12,14H2,(H,20,23). The second-order valence-corrected chi connectivity index (χ2v) is 6.94. The molecule has 0 bridgehead atoms. The monoisotopic (exact) mass is 358 g/mol. The Kier molecular flexibility index (Phi) is 6.00. The van der Waals surface area contributed by atoms with Crippen LogP contribution in [-0.2, 0) is 16.1 Å². The molecule has 0 spiro atoms. The van der Waals surface area contributed by atoms with Gasteiger partial charge in [0.2, 0.25) is 11.8 Å². The molecule has 2 amide bonds. The molecule has 0 radical (unpaired) electrons. The summed E-state index contributed by atoms with van der Waals surface area (Å²) in [4.78, 5) is 33.6. The van der Waals surface area contributed by atoms with Crippen LogP contribution in [-0.4, -0.2) is 47.9 Å². The highest BCUT2D eigenvalue weighted by Crippen LogP contribution is 2.13. The molecule has 2 aromatic heterocycles. The van der Waals surface area contributed by atoms with Gasteiger partial charge in [0.15, 0.2) is 0 Å². The second kappa shape index (κ2) is 8.62. The normalized spacial score (nSPS) is 14.4. The summed E-state index contributed by atoms with van der Waals surface area (Å²) in [6, 6.07) is 9.79. The molecule has 1 aliphatic heterocycles. The van der Waals surface area contributed by atoms with Gasteiger partial charge in [-0.25, -0.2) is 4.98 Å². The number of nitrogens with one attached hydrogen (secondary N) is 1. The lowest BCUT2D eigenvalue weighted by molar-refractivity contribution is -0.133. The van der Waals surface area contributed by atoms with Crippen LogP contribution in [0.4, 0.5) is 5.82 Å². The van der Waals surface area contributed by atoms with Crippen molar-refractivity contribution < 1.29 is 9.59 Å². The van der Waals surface area contributed by atoms with E-state index in [2.05, 4.69) is 15.2 Å². The third kappa shape index (κ3) is 5.03. The Morgan fingerprint density at radius 1 is 1.08 bits per heavy atom. The van der Waals surface area contributed by atoms with Crippen molar-refractivity contribution in [2.24, 2.45) is 0 Å². The second-order valence-electron chi connectivity index (χ2n) is 5.91. The predicted molar refractivity (Wildman–Crippen MR) is 98.4 cm³/mol. The van der Waals surface area contributed by atoms with Crippen molar-refractivity contribution in [3.8, 4) is 0 Å². The van der Waals surface area contributed by atoms with Crippen molar-refractivity contribution in [3.05, 3.63) is 46.8 Å². The Hall–Kier alpha value is -2.41. The Morgan fingerprint density at radius 3 is 2.60 bits per heavy atom. The average Bonchev–Trinajstić information content (AvgIpc) is 3.19. The molecule has 0 unspecified atom stereocenters. The maximum atomic E-state index is 12.3. The number of rotatable bonds is 6. The molecular formula is C18H22N4O2S. The molecule has 3 heterocycles. The lowest BCUT2D eigenvalue weighted by Crippen LogP contribution is -2.49. The number of carbonyl (C=O) groups excluding carboxylic acids is 2. The average molecular weight is 358 g/mol. The van der Waals surface area contributed by atoms with E-state index >= 15 is 0 Å². The summed E-state index contributed by atoms with van der Waals surface area (Å²) in [5, 5.41) is 4.84. The largest absolute Gasteiger partial charge is 0.353 e. The minimum Gasteiger partial charge on any atom is -0.353 e. The zero-order valence-corrected chi connectivity index (χ0v) is 14.9. The van der Waals surface area contributed by atoms with Crippen LogP contribution in [0.3, 0.4) is 0 Å². The molecule has 0 aromatic carbocycles. The van der Waals surface area contributed by atoms with Crippen molar-refractivity contribution in [2.45, 2.75) is 19.4 Å². The van der Waals surface area contributed by atoms with Gasteiger partial charge in [-0.1, -0.05) is 12.1 Å². The van der Waals surface area contributed by atoms with Crippen LogP contribution in [0, 0.1) is 0 Å². The first-order valence-corrected chi connectivity index (χ1v) is 9.33. The molecule has 0 atom stereocenters. The first-order valence-electron chi connectivity index (χ1n) is 8.45. The van der Waals surface area contributed by atoms with Crippen LogP contribution < -0.4 is 10.2 Å². The van der Waals surface area contributed by atoms with Gasteiger partial charge in [-0.05, 0) is 23.6 Å². The van der Waals surface area contributed by atoms with E-state index < -0.39 is 0 Å². The molecule has 1 aliphatic rings. The van der Waals surface area contributed by atoms with E-state index in [0.717, 1.165) is 23.8 Å². The molecule has 1 N–H and O–H groups in total. The van der Waals surface area contributed by atoms with Crippen LogP contribution in [0.25, 0.3) is 0 Å². The maximum absolute atomic E-state index is 12.3. The third-order valence-corrected chi connectivity index (χ3v) is 5.09. The zero-order chi connectivity index (χ0) is 17.5. The molecule has 1 saturated heterocycles. The molecule has 3 rings (SSSR count). The smallest absolute Gasteiger partial charge is 0.223 e. The molecule has 6 nitrogen and oxygen atoms in total. The fraction of sp³-hybridized carbons (Fsp3) is 0.389. The number of hydrogen-bond donors (Lipinski definition) is 1. The molecule has 0 saturated carbocycles. The van der Waals surface area contributed by atoms with Gasteiger partial charge in [0.05, 0.1) is 6.54 Å². The Labute approximate surface area is 151 Å². The van der Waals surface area contributed by atoms with Gasteiger partial charge >= 0.3 is 0 Å². The minimum absolute atomic E-state index is 0.0481. The highest BCUT2D eigenvalue weighted by atomic mass is 32.1. The van der Waals surface area contributed by atoms with E-state index in [9.17, 15) is 9.59 Å². The van der Waals surface area contributed by atoms with Gasteiger partial charge in [0, 0.05) is 50.1 Å². The van der Waals surface area contributed by atoms with E-state index in [1.54, 1.807) is 17.5 Å². The summed E-state index contributed by atoms with van der Waals surface area (Å²) in [6.07, 6.45) is 2.28. The fourth-order valence-electron chi connectivity index (χ4n) is 2.79. The van der Waals surface area contributed by atoms with E-state index in [1.165, 1.54) is 0 Å². The summed E-state index contributed by atoms with van der Waals surface area (Å²) in [5.74, 6) is 0.920. The van der Waals surface area contributed by atoms with Crippen molar-refractivity contribution >= 4 is 29.0 Å². The van der Waals surface area contributed by atoms with Gasteiger partial charge in [-0.2, -0.15) is 0 Å². The first kappa shape index (κ1) is 17.4. The number of aromatic nitrogens is 1. The zero-order valence-electron chi connectivity index (χ0n) is 14.1. The number of carbonyl (C=O) groups is 2. The highest BCUT2D eigenvalue weighted by Gasteiger charge is 2.22. The fourth-order valence-corrected chi connectivity index (χ4v) is 3.44. The first-order chi connectivity index (χ1) is 12.2. The van der Waals surface area contributed by atoms with Gasteiger partial charge in [0.25, 0.3) is 0 Å². The summed E-state index contributed by atoms with van der Waals surface area (Å²) in [7, 11) is 0. The van der Waals surface area contributed by atoms with Gasteiger partial charge < -0.3 is 15.1 Å². The highest BCUT2D eigenvalue weighted by molar-refractivity contribution is 7.09. The lowest BCUT2D eigenvalue weighted by atomic mass is 10.2. The summed E-state index contributed by atoms with van der Waals surface area (Å²) < 4.78 is 0. The predicted octanol–water partition coefficient (Wildman–Crippen LogP) is 1.89. The number of anilines is 1. The van der Waals surface area contributed by atoms with Crippen molar-refractivity contribution in [1.82, 2.24) is 15.2 Å². The number of hydrogen-bond acceptors (Lipinski definition) is 5. The third-order valence-electron chi connectivity index (χ3n) is 4.21. The Balaban J connectivity index is 1.37. The van der Waals surface area contributed by atoms with Gasteiger partial charge in [-0.15, -0.1) is 11.3 Å². The van der Waals surface area contributed by atoms with Crippen molar-refractivity contribution in [2.75, 3.05) is 31.1 Å². The SMILES string of the molecule is O=C(CCC(=O)N1CCN(c2ccccn2)CC1)NCc1cccs1. The Morgan fingerprint density at radius 2 is 1.92 bits per heavy atom. The molecule has 0 aliphatic carbocycles. The van der Waals surface area contributed by atoms with Gasteiger partial charge in [0.1, 0.15) is 5.82 Å². The number of nitrogens with zero attached hydrogens (tertiary/aromatic N) is 3. The van der Waals surface area contributed by atoms with Crippen LogP contribution in [0.5, 0.6) is 0 Å². The molecule has 1 fully saturated rings. The number of piperazine rings is 1. The quantitative estimate of drug-likeness (QED) is 0.856. The van der Waals surface area contributed by atoms with Crippen LogP contribution in [0.15, 0.2) is 41.9 Å². The number of pyridine rings is 1. The van der Waals surface area contributed by atoms with Crippen LogP contribution in [0.2, 0.25) is 0 Å². The van der Waals surface area contributed by atoms with Gasteiger partial charge in [-0.3, -0.25) is 9.59 Å². The molecule has 132 valence electrons. The van der Waals surface area contributed by atoms with Crippen molar-refractivity contribution in [1.29, 1.82) is 0 Å². The topological polar surface area (TPSA) is 65.5 Å². The maximum Gasteiger partial charge on any atom is 0.223 e. The number of amides is 2. The van der Waals surface area contributed by atoms with Crippen LogP contribution >= 0.6 is 11.3 Å². The number of thiophene rings is 1. The van der Waals surface area contributed by atoms with Crippen molar-refractivity contribution in [3.63, 3.8) is 0 Å². The van der Waals surface area contributed by atoms with E-state index in [1.807, 2.05) is 40.6 Å². The molecular weight excluding hydrogens is 336 g/mol. The lowest BCUT2D eigenvalue weighted by Gasteiger charge is -2.35. The molecule has 7 heteroatoms. The Bertz CT molecular complexity index is 682. The van der Waals surface area contributed by atoms with E-state index in [4.69, 9.17) is 0 Å².